The third-order valence-corrected chi connectivity index (χ3v) is 5.28. The zero-order valence-electron chi connectivity index (χ0n) is 16.2. The Kier molecular flexibility index (Phi) is 6.76. The van der Waals surface area contributed by atoms with Crippen LogP contribution in [0.25, 0.3) is 11.0 Å². The molecular formula is C21H27N5S. The van der Waals surface area contributed by atoms with Crippen LogP contribution in [0.5, 0.6) is 0 Å². The van der Waals surface area contributed by atoms with Gasteiger partial charge < -0.3 is 15.2 Å². The molecule has 0 amide bonds. The number of aromatic nitrogens is 2. The van der Waals surface area contributed by atoms with E-state index in [4.69, 9.17) is 0 Å². The van der Waals surface area contributed by atoms with Crippen molar-refractivity contribution in [2.75, 3.05) is 19.8 Å². The number of aryl methyl sites for hydroxylation is 2. The quantitative estimate of drug-likeness (QED) is 0.283. The first-order valence-corrected chi connectivity index (χ1v) is 10.4. The molecule has 0 atom stereocenters. The predicted octanol–water partition coefficient (Wildman–Crippen LogP) is 3.82. The molecule has 0 saturated heterocycles. The van der Waals surface area contributed by atoms with Crippen LogP contribution in [0.1, 0.15) is 17.8 Å². The lowest BCUT2D eigenvalue weighted by Crippen LogP contribution is -2.37. The van der Waals surface area contributed by atoms with E-state index in [2.05, 4.69) is 80.8 Å². The second kappa shape index (κ2) is 9.46. The van der Waals surface area contributed by atoms with Crippen molar-refractivity contribution in [1.29, 1.82) is 0 Å². The predicted molar refractivity (Wildman–Crippen MR) is 116 cm³/mol. The Hall–Kier alpha value is -2.47. The molecule has 142 valence electrons. The van der Waals surface area contributed by atoms with Crippen molar-refractivity contribution < 1.29 is 0 Å². The van der Waals surface area contributed by atoms with Gasteiger partial charge in [0.15, 0.2) is 5.96 Å². The van der Waals surface area contributed by atoms with E-state index in [0.717, 1.165) is 43.4 Å². The Morgan fingerprint density at radius 2 is 1.89 bits per heavy atom. The first-order chi connectivity index (χ1) is 13.2. The van der Waals surface area contributed by atoms with E-state index in [0.29, 0.717) is 0 Å². The standard InChI is InChI=1S/C21H27N5S/c1-16-25-19-7-4-5-8-20(19)26(16)14-6-13-23-21(22-2)24-15-17-9-11-18(27-3)12-10-17/h4-5,7-12H,6,13-15H2,1-3H3,(H2,22,23,24). The Labute approximate surface area is 165 Å². The van der Waals surface area contributed by atoms with Gasteiger partial charge in [-0.05, 0) is 49.4 Å². The summed E-state index contributed by atoms with van der Waals surface area (Å²) >= 11 is 1.76. The highest BCUT2D eigenvalue weighted by Gasteiger charge is 2.06. The van der Waals surface area contributed by atoms with Gasteiger partial charge in [-0.15, -0.1) is 11.8 Å². The lowest BCUT2D eigenvalue weighted by atomic mass is 10.2. The molecule has 0 fully saturated rings. The molecule has 3 rings (SSSR count). The summed E-state index contributed by atoms with van der Waals surface area (Å²) in [5.74, 6) is 1.89. The topological polar surface area (TPSA) is 54.2 Å². The van der Waals surface area contributed by atoms with E-state index in [1.54, 1.807) is 18.8 Å². The minimum Gasteiger partial charge on any atom is -0.356 e. The molecule has 1 heterocycles. The number of benzene rings is 2. The lowest BCUT2D eigenvalue weighted by Gasteiger charge is -2.13. The van der Waals surface area contributed by atoms with Crippen LogP contribution in [0.15, 0.2) is 58.4 Å². The molecule has 3 aromatic rings. The van der Waals surface area contributed by atoms with E-state index < -0.39 is 0 Å². The van der Waals surface area contributed by atoms with Crippen LogP contribution >= 0.6 is 11.8 Å². The summed E-state index contributed by atoms with van der Waals surface area (Å²) in [5.41, 5.74) is 3.51. The number of nitrogens with one attached hydrogen (secondary N) is 2. The van der Waals surface area contributed by atoms with E-state index in [9.17, 15) is 0 Å². The number of hydrogen-bond acceptors (Lipinski definition) is 3. The summed E-state index contributed by atoms with van der Waals surface area (Å²) in [6.07, 6.45) is 3.09. The lowest BCUT2D eigenvalue weighted by molar-refractivity contribution is 0.624. The molecule has 0 spiro atoms. The largest absolute Gasteiger partial charge is 0.356 e. The van der Waals surface area contributed by atoms with Crippen LogP contribution in [0.3, 0.4) is 0 Å². The number of thioether (sulfide) groups is 1. The fourth-order valence-electron chi connectivity index (χ4n) is 3.07. The van der Waals surface area contributed by atoms with Crippen molar-refractivity contribution in [3.8, 4) is 0 Å². The van der Waals surface area contributed by atoms with Crippen LogP contribution in [-0.2, 0) is 13.1 Å². The van der Waals surface area contributed by atoms with E-state index >= 15 is 0 Å². The second-order valence-electron chi connectivity index (χ2n) is 6.35. The van der Waals surface area contributed by atoms with E-state index in [-0.39, 0.29) is 0 Å². The summed E-state index contributed by atoms with van der Waals surface area (Å²) in [6.45, 7) is 4.62. The highest BCUT2D eigenvalue weighted by molar-refractivity contribution is 7.98. The Morgan fingerprint density at radius 3 is 2.63 bits per heavy atom. The molecule has 2 N–H and O–H groups in total. The number of fused-ring (bicyclic) bond motifs is 1. The summed E-state index contributed by atoms with van der Waals surface area (Å²) in [6, 6.07) is 16.9. The fraction of sp³-hybridized carbons (Fsp3) is 0.333. The molecule has 0 aliphatic heterocycles. The Bertz CT molecular complexity index is 899. The molecule has 0 saturated carbocycles. The molecule has 0 aliphatic carbocycles. The zero-order chi connectivity index (χ0) is 19.1. The number of hydrogen-bond donors (Lipinski definition) is 2. The summed E-state index contributed by atoms with van der Waals surface area (Å²) in [7, 11) is 1.81. The molecule has 2 aromatic carbocycles. The van der Waals surface area contributed by atoms with Gasteiger partial charge in [0, 0.05) is 31.6 Å². The number of guanidine groups is 1. The maximum Gasteiger partial charge on any atom is 0.191 e. The molecule has 1 aromatic heterocycles. The van der Waals surface area contributed by atoms with Gasteiger partial charge in [-0.2, -0.15) is 0 Å². The van der Waals surface area contributed by atoms with Crippen molar-refractivity contribution in [1.82, 2.24) is 20.2 Å². The number of nitrogens with zero attached hydrogens (tertiary/aromatic N) is 3. The van der Waals surface area contributed by atoms with Crippen LogP contribution < -0.4 is 10.6 Å². The van der Waals surface area contributed by atoms with Crippen molar-refractivity contribution in [2.45, 2.75) is 31.3 Å². The molecular weight excluding hydrogens is 354 g/mol. The molecule has 0 radical (unpaired) electrons. The number of imidazole rings is 1. The summed E-state index contributed by atoms with van der Waals surface area (Å²) in [5, 5.41) is 6.76. The highest BCUT2D eigenvalue weighted by atomic mass is 32.2. The Balaban J connectivity index is 1.46. The maximum absolute atomic E-state index is 4.62. The third-order valence-electron chi connectivity index (χ3n) is 4.54. The zero-order valence-corrected chi connectivity index (χ0v) is 17.0. The molecule has 0 aliphatic rings. The monoisotopic (exact) mass is 381 g/mol. The fourth-order valence-corrected chi connectivity index (χ4v) is 3.48. The van der Waals surface area contributed by atoms with Crippen LogP contribution in [-0.4, -0.2) is 35.4 Å². The van der Waals surface area contributed by atoms with Crippen molar-refractivity contribution in [2.24, 2.45) is 4.99 Å². The van der Waals surface area contributed by atoms with Gasteiger partial charge in [0.1, 0.15) is 5.82 Å². The van der Waals surface area contributed by atoms with Crippen LogP contribution in [0, 0.1) is 6.92 Å². The van der Waals surface area contributed by atoms with Gasteiger partial charge in [0.05, 0.1) is 11.0 Å². The van der Waals surface area contributed by atoms with Crippen molar-refractivity contribution in [3.63, 3.8) is 0 Å². The van der Waals surface area contributed by atoms with Gasteiger partial charge >= 0.3 is 0 Å². The Morgan fingerprint density at radius 1 is 1.11 bits per heavy atom. The SMILES string of the molecule is CN=C(NCCCn1c(C)nc2ccccc21)NCc1ccc(SC)cc1. The smallest absolute Gasteiger partial charge is 0.191 e. The summed E-state index contributed by atoms with van der Waals surface area (Å²) in [4.78, 5) is 10.2. The van der Waals surface area contributed by atoms with Gasteiger partial charge in [0.2, 0.25) is 0 Å². The average molecular weight is 382 g/mol. The molecule has 5 nitrogen and oxygen atoms in total. The van der Waals surface area contributed by atoms with Crippen LogP contribution in [0.4, 0.5) is 0 Å². The van der Waals surface area contributed by atoms with Gasteiger partial charge in [0.25, 0.3) is 0 Å². The average Bonchev–Trinajstić information content (AvgIpc) is 3.03. The second-order valence-corrected chi connectivity index (χ2v) is 7.23. The minimum absolute atomic E-state index is 0.763. The van der Waals surface area contributed by atoms with E-state index in [1.165, 1.54) is 16.0 Å². The van der Waals surface area contributed by atoms with Crippen molar-refractivity contribution >= 4 is 28.8 Å². The first kappa shape index (κ1) is 19.3. The normalized spacial score (nSPS) is 11.7. The summed E-state index contributed by atoms with van der Waals surface area (Å²) < 4.78 is 2.28. The molecule has 27 heavy (non-hydrogen) atoms. The van der Waals surface area contributed by atoms with E-state index in [1.807, 2.05) is 6.07 Å². The van der Waals surface area contributed by atoms with Crippen molar-refractivity contribution in [3.05, 3.63) is 59.9 Å². The van der Waals surface area contributed by atoms with Gasteiger partial charge in [-0.1, -0.05) is 24.3 Å². The first-order valence-electron chi connectivity index (χ1n) is 9.20. The number of aliphatic imine (C=N–C) groups is 1. The third kappa shape index (κ3) is 5.04. The minimum atomic E-state index is 0.763. The molecule has 6 heteroatoms. The number of rotatable bonds is 7. The molecule has 0 bridgehead atoms. The van der Waals surface area contributed by atoms with Gasteiger partial charge in [-0.3, -0.25) is 4.99 Å². The highest BCUT2D eigenvalue weighted by Crippen LogP contribution is 2.16. The van der Waals surface area contributed by atoms with Crippen LogP contribution in [0.2, 0.25) is 0 Å². The van der Waals surface area contributed by atoms with Gasteiger partial charge in [-0.25, -0.2) is 4.98 Å². The number of para-hydroxylation sites is 2. The molecule has 0 unspecified atom stereocenters. The maximum atomic E-state index is 4.62.